The molecule has 1 aromatic carbocycles. The van der Waals surface area contributed by atoms with Crippen LogP contribution in [0, 0.1) is 0 Å². The Labute approximate surface area is 119 Å². The van der Waals surface area contributed by atoms with Gasteiger partial charge in [0.2, 0.25) is 5.82 Å². The average Bonchev–Trinajstić information content (AvgIpc) is 2.46. The number of thioether (sulfide) groups is 1. The van der Waals surface area contributed by atoms with E-state index in [2.05, 4.69) is 14.7 Å². The van der Waals surface area contributed by atoms with Gasteiger partial charge < -0.3 is 9.84 Å². The summed E-state index contributed by atoms with van der Waals surface area (Å²) < 4.78 is 4.56. The van der Waals surface area contributed by atoms with Crippen LogP contribution in [0.3, 0.4) is 0 Å². The lowest BCUT2D eigenvalue weighted by molar-refractivity contribution is -0.140. The Hall–Kier alpha value is -2.15. The number of rotatable bonds is 5. The number of hydrogen-bond donors (Lipinski definition) is 1. The summed E-state index contributed by atoms with van der Waals surface area (Å²) in [5.74, 6) is -1.27. The molecule has 0 spiro atoms. The number of carboxylic acids is 1. The van der Waals surface area contributed by atoms with Crippen molar-refractivity contribution in [2.75, 3.05) is 12.9 Å². The summed E-state index contributed by atoms with van der Waals surface area (Å²) in [5.41, 5.74) is 0.570. The monoisotopic (exact) mass is 292 g/mol. The van der Waals surface area contributed by atoms with Gasteiger partial charge in [0.15, 0.2) is 0 Å². The Balaban J connectivity index is 2.30. The van der Waals surface area contributed by atoms with E-state index in [1.807, 2.05) is 12.1 Å². The van der Waals surface area contributed by atoms with Crippen molar-refractivity contribution in [2.24, 2.45) is 0 Å². The van der Waals surface area contributed by atoms with Gasteiger partial charge in [0.1, 0.15) is 5.03 Å². The maximum atomic E-state index is 11.1. The van der Waals surface area contributed by atoms with Crippen LogP contribution in [0.5, 0.6) is 0 Å². The standard InChI is InChI=1S/C13H12N2O4S/c1-19-10(16)6-7-20-12-8-4-2-3-5-9(8)14-11(15-12)13(17)18/h2-5H,6-7H2,1H3,(H,17,18). The molecular formula is C13H12N2O4S. The molecule has 104 valence electrons. The number of methoxy groups -OCH3 is 1. The number of carbonyl (C=O) groups is 2. The lowest BCUT2D eigenvalue weighted by Crippen LogP contribution is -2.06. The molecule has 0 radical (unpaired) electrons. The lowest BCUT2D eigenvalue weighted by Gasteiger charge is -2.06. The van der Waals surface area contributed by atoms with Gasteiger partial charge in [-0.2, -0.15) is 0 Å². The molecule has 0 aliphatic carbocycles. The first-order chi connectivity index (χ1) is 9.61. The van der Waals surface area contributed by atoms with Gasteiger partial charge in [0, 0.05) is 11.1 Å². The highest BCUT2D eigenvalue weighted by molar-refractivity contribution is 7.99. The molecule has 7 heteroatoms. The van der Waals surface area contributed by atoms with Crippen molar-refractivity contribution in [1.82, 2.24) is 9.97 Å². The van der Waals surface area contributed by atoms with Crippen LogP contribution in [0.1, 0.15) is 17.0 Å². The minimum Gasteiger partial charge on any atom is -0.475 e. The number of para-hydroxylation sites is 1. The number of nitrogens with zero attached hydrogens (tertiary/aromatic N) is 2. The third-order valence-electron chi connectivity index (χ3n) is 2.53. The number of carboxylic acid groups (broad SMARTS) is 1. The van der Waals surface area contributed by atoms with Gasteiger partial charge >= 0.3 is 11.9 Å². The van der Waals surface area contributed by atoms with Crippen molar-refractivity contribution in [3.63, 3.8) is 0 Å². The first-order valence-electron chi connectivity index (χ1n) is 5.81. The molecule has 0 atom stereocenters. The first kappa shape index (κ1) is 14.3. The van der Waals surface area contributed by atoms with Crippen LogP contribution in [0.15, 0.2) is 29.3 Å². The van der Waals surface area contributed by atoms with Gasteiger partial charge in [0.25, 0.3) is 0 Å². The van der Waals surface area contributed by atoms with E-state index in [0.717, 1.165) is 5.39 Å². The fraction of sp³-hybridized carbons (Fsp3) is 0.231. The van der Waals surface area contributed by atoms with E-state index < -0.39 is 5.97 Å². The Kier molecular flexibility index (Phi) is 4.52. The lowest BCUT2D eigenvalue weighted by atomic mass is 10.2. The molecule has 0 saturated heterocycles. The third kappa shape index (κ3) is 3.24. The Morgan fingerprint density at radius 2 is 2.05 bits per heavy atom. The number of benzene rings is 1. The second kappa shape index (κ2) is 6.33. The van der Waals surface area contributed by atoms with E-state index >= 15 is 0 Å². The number of aromatic carboxylic acids is 1. The minimum atomic E-state index is -1.18. The molecule has 1 aromatic heterocycles. The van der Waals surface area contributed by atoms with Gasteiger partial charge in [0.05, 0.1) is 19.0 Å². The molecule has 2 rings (SSSR count). The van der Waals surface area contributed by atoms with E-state index in [0.29, 0.717) is 16.3 Å². The molecule has 0 saturated carbocycles. The SMILES string of the molecule is COC(=O)CCSc1nc(C(=O)O)nc2ccccc12. The highest BCUT2D eigenvalue weighted by atomic mass is 32.2. The normalized spacial score (nSPS) is 10.4. The summed E-state index contributed by atoms with van der Waals surface area (Å²) >= 11 is 1.31. The van der Waals surface area contributed by atoms with Crippen LogP contribution in [0.2, 0.25) is 0 Å². The molecular weight excluding hydrogens is 280 g/mol. The van der Waals surface area contributed by atoms with Crippen LogP contribution >= 0.6 is 11.8 Å². The van der Waals surface area contributed by atoms with Crippen molar-refractivity contribution < 1.29 is 19.4 Å². The maximum absolute atomic E-state index is 11.1. The highest BCUT2D eigenvalue weighted by Gasteiger charge is 2.13. The van der Waals surface area contributed by atoms with Crippen LogP contribution < -0.4 is 0 Å². The maximum Gasteiger partial charge on any atom is 0.373 e. The average molecular weight is 292 g/mol. The van der Waals surface area contributed by atoms with Crippen molar-refractivity contribution in [2.45, 2.75) is 11.4 Å². The molecule has 0 amide bonds. The predicted molar refractivity (Wildman–Crippen MR) is 73.9 cm³/mol. The van der Waals surface area contributed by atoms with Crippen molar-refractivity contribution in [3.05, 3.63) is 30.1 Å². The molecule has 20 heavy (non-hydrogen) atoms. The van der Waals surface area contributed by atoms with Crippen molar-refractivity contribution in [3.8, 4) is 0 Å². The summed E-state index contributed by atoms with van der Waals surface area (Å²) in [6, 6.07) is 7.16. The van der Waals surface area contributed by atoms with E-state index in [4.69, 9.17) is 5.11 Å². The van der Waals surface area contributed by atoms with E-state index in [-0.39, 0.29) is 18.2 Å². The number of aromatic nitrogens is 2. The molecule has 0 fully saturated rings. The summed E-state index contributed by atoms with van der Waals surface area (Å²) in [6.45, 7) is 0. The summed E-state index contributed by atoms with van der Waals surface area (Å²) in [7, 11) is 1.33. The molecule has 0 unspecified atom stereocenters. The fourth-order valence-electron chi connectivity index (χ4n) is 1.59. The molecule has 0 aliphatic heterocycles. The molecule has 1 heterocycles. The van der Waals surface area contributed by atoms with E-state index in [9.17, 15) is 9.59 Å². The summed E-state index contributed by atoms with van der Waals surface area (Å²) in [6.07, 6.45) is 0.238. The topological polar surface area (TPSA) is 89.4 Å². The fourth-order valence-corrected chi connectivity index (χ4v) is 2.53. The van der Waals surface area contributed by atoms with Crippen LogP contribution in [-0.2, 0) is 9.53 Å². The zero-order valence-electron chi connectivity index (χ0n) is 10.7. The number of ether oxygens (including phenoxy) is 1. The Morgan fingerprint density at radius 1 is 1.30 bits per heavy atom. The molecule has 6 nitrogen and oxygen atoms in total. The number of carbonyl (C=O) groups excluding carboxylic acids is 1. The zero-order chi connectivity index (χ0) is 14.5. The van der Waals surface area contributed by atoms with E-state index in [1.165, 1.54) is 18.9 Å². The van der Waals surface area contributed by atoms with Gasteiger partial charge in [-0.05, 0) is 6.07 Å². The second-order valence-electron chi connectivity index (χ2n) is 3.85. The van der Waals surface area contributed by atoms with Gasteiger partial charge in [-0.15, -0.1) is 11.8 Å². The molecule has 2 aromatic rings. The molecule has 1 N–H and O–H groups in total. The first-order valence-corrected chi connectivity index (χ1v) is 6.80. The smallest absolute Gasteiger partial charge is 0.373 e. The van der Waals surface area contributed by atoms with Gasteiger partial charge in [-0.3, -0.25) is 4.79 Å². The van der Waals surface area contributed by atoms with Crippen LogP contribution in [0.25, 0.3) is 10.9 Å². The second-order valence-corrected chi connectivity index (χ2v) is 4.93. The molecule has 0 aliphatic rings. The summed E-state index contributed by atoms with van der Waals surface area (Å²) in [5, 5.41) is 10.3. The Morgan fingerprint density at radius 3 is 2.75 bits per heavy atom. The van der Waals surface area contributed by atoms with Crippen molar-refractivity contribution >= 4 is 34.6 Å². The largest absolute Gasteiger partial charge is 0.475 e. The minimum absolute atomic E-state index is 0.238. The highest BCUT2D eigenvalue weighted by Crippen LogP contribution is 2.25. The third-order valence-corrected chi connectivity index (χ3v) is 3.53. The van der Waals surface area contributed by atoms with Gasteiger partial charge in [-0.25, -0.2) is 14.8 Å². The van der Waals surface area contributed by atoms with E-state index in [1.54, 1.807) is 12.1 Å². The van der Waals surface area contributed by atoms with Crippen LogP contribution in [0.4, 0.5) is 0 Å². The summed E-state index contributed by atoms with van der Waals surface area (Å²) in [4.78, 5) is 30.1. The van der Waals surface area contributed by atoms with Gasteiger partial charge in [-0.1, -0.05) is 18.2 Å². The number of fused-ring (bicyclic) bond motifs is 1. The zero-order valence-corrected chi connectivity index (χ0v) is 11.5. The quantitative estimate of drug-likeness (QED) is 0.512. The number of esters is 1. The predicted octanol–water partition coefficient (Wildman–Crippen LogP) is 1.98. The molecule has 0 bridgehead atoms. The van der Waals surface area contributed by atoms with Crippen molar-refractivity contribution in [1.29, 1.82) is 0 Å². The van der Waals surface area contributed by atoms with Crippen LogP contribution in [-0.4, -0.2) is 39.9 Å². The Bertz CT molecular complexity index is 660. The number of hydrogen-bond acceptors (Lipinski definition) is 6.